The first-order chi connectivity index (χ1) is 27.3. The molecule has 1 aliphatic heterocycles. The number of amides is 4. The molecule has 19 heteroatoms. The molecule has 0 fully saturated rings. The lowest BCUT2D eigenvalue weighted by molar-refractivity contribution is -0.141. The summed E-state index contributed by atoms with van der Waals surface area (Å²) < 4.78 is 29.4. The van der Waals surface area contributed by atoms with Crippen LogP contribution in [0.4, 0.5) is 8.78 Å². The molecule has 0 aromatic heterocycles. The molecular formula is C39H53F2N7O9S. The predicted molar refractivity (Wildman–Crippen MR) is 212 cm³/mol. The van der Waals surface area contributed by atoms with Gasteiger partial charge in [-0.25, -0.2) is 8.78 Å². The Morgan fingerprint density at radius 3 is 2.22 bits per heavy atom. The lowest BCUT2D eigenvalue weighted by Crippen LogP contribution is -2.58. The summed E-state index contributed by atoms with van der Waals surface area (Å²) in [5, 5.41) is 34.4. The average molecular weight is 834 g/mol. The van der Waals surface area contributed by atoms with E-state index in [1.54, 1.807) is 6.20 Å². The molecule has 16 nitrogen and oxygen atoms in total. The number of carboxylic acids is 2. The molecule has 0 radical (unpaired) electrons. The van der Waals surface area contributed by atoms with Gasteiger partial charge in [0.05, 0.1) is 24.7 Å². The Bertz CT molecular complexity index is 1800. The van der Waals surface area contributed by atoms with Gasteiger partial charge >= 0.3 is 11.9 Å². The van der Waals surface area contributed by atoms with Crippen molar-refractivity contribution in [3.63, 3.8) is 0 Å². The number of rotatable bonds is 22. The SMILES string of the molecule is CC(C)(C)[C@H](C1CC(c2cc(F)ccc2F)=CN1Cc1ccccc1)N(CC[C@H](N)C(=O)NCCNC(=O)CNC(=O)CC(SC[C@H](N)C(=O)O)C(=O)O)C(=O)CO. The third kappa shape index (κ3) is 14.4. The van der Waals surface area contributed by atoms with E-state index in [2.05, 4.69) is 16.0 Å². The molecule has 3 rings (SSSR count). The Kier molecular flexibility index (Phi) is 18.1. The number of thioether (sulfide) groups is 1. The molecule has 58 heavy (non-hydrogen) atoms. The van der Waals surface area contributed by atoms with Crippen LogP contribution in [-0.2, 0) is 35.3 Å². The summed E-state index contributed by atoms with van der Waals surface area (Å²) in [7, 11) is 0. The van der Waals surface area contributed by atoms with Gasteiger partial charge in [-0.1, -0.05) is 51.1 Å². The van der Waals surface area contributed by atoms with Gasteiger partial charge < -0.3 is 52.5 Å². The molecule has 0 saturated carbocycles. The number of nitrogens with one attached hydrogen (secondary N) is 3. The van der Waals surface area contributed by atoms with Gasteiger partial charge in [0.15, 0.2) is 0 Å². The monoisotopic (exact) mass is 833 g/mol. The van der Waals surface area contributed by atoms with Crippen molar-refractivity contribution >= 4 is 52.9 Å². The molecule has 1 heterocycles. The van der Waals surface area contributed by atoms with Crippen LogP contribution in [0.1, 0.15) is 51.2 Å². The second-order valence-electron chi connectivity index (χ2n) is 14.9. The van der Waals surface area contributed by atoms with Crippen LogP contribution < -0.4 is 27.4 Å². The first-order valence-electron chi connectivity index (χ1n) is 18.6. The van der Waals surface area contributed by atoms with Crippen molar-refractivity contribution < 1.29 is 52.9 Å². The van der Waals surface area contributed by atoms with Gasteiger partial charge in [0.2, 0.25) is 23.6 Å². The van der Waals surface area contributed by atoms with Crippen molar-refractivity contribution in [2.24, 2.45) is 16.9 Å². The molecular weight excluding hydrogens is 781 g/mol. The Morgan fingerprint density at radius 2 is 1.60 bits per heavy atom. The van der Waals surface area contributed by atoms with Gasteiger partial charge in [0.1, 0.15) is 29.5 Å². The molecule has 0 aliphatic carbocycles. The number of aliphatic hydroxyl groups is 1. The minimum atomic E-state index is -1.34. The van der Waals surface area contributed by atoms with Crippen LogP contribution in [0.15, 0.2) is 54.7 Å². The van der Waals surface area contributed by atoms with E-state index in [1.807, 2.05) is 56.0 Å². The van der Waals surface area contributed by atoms with Gasteiger partial charge in [-0.2, -0.15) is 0 Å². The maximum Gasteiger partial charge on any atom is 0.321 e. The van der Waals surface area contributed by atoms with E-state index in [4.69, 9.17) is 16.6 Å². The van der Waals surface area contributed by atoms with Crippen LogP contribution in [0, 0.1) is 17.0 Å². The van der Waals surface area contributed by atoms with Gasteiger partial charge in [-0.15, -0.1) is 11.8 Å². The summed E-state index contributed by atoms with van der Waals surface area (Å²) in [6.07, 6.45) is 1.49. The van der Waals surface area contributed by atoms with E-state index < -0.39 is 102 Å². The number of nitrogens with zero attached hydrogens (tertiary/aromatic N) is 2. The zero-order valence-electron chi connectivity index (χ0n) is 32.7. The Morgan fingerprint density at radius 1 is 0.931 bits per heavy atom. The molecule has 0 spiro atoms. The number of aliphatic hydroxyl groups excluding tert-OH is 1. The van der Waals surface area contributed by atoms with E-state index >= 15 is 4.39 Å². The number of benzene rings is 2. The van der Waals surface area contributed by atoms with Crippen molar-refractivity contribution in [2.45, 2.75) is 76.0 Å². The molecule has 0 bridgehead atoms. The maximum absolute atomic E-state index is 15.1. The number of halogens is 2. The fraction of sp³-hybridized carbons (Fsp3) is 0.487. The lowest BCUT2D eigenvalue weighted by Gasteiger charge is -2.47. The van der Waals surface area contributed by atoms with E-state index in [9.17, 15) is 43.4 Å². The Hall–Kier alpha value is -5.11. The van der Waals surface area contributed by atoms with Crippen LogP contribution in [0.25, 0.3) is 5.57 Å². The Balaban J connectivity index is 1.60. The average Bonchev–Trinajstić information content (AvgIpc) is 3.57. The van der Waals surface area contributed by atoms with Crippen LogP contribution in [0.3, 0.4) is 0 Å². The van der Waals surface area contributed by atoms with Crippen molar-refractivity contribution in [1.29, 1.82) is 0 Å². The quantitative estimate of drug-likeness (QED) is 0.0768. The van der Waals surface area contributed by atoms with Gasteiger partial charge in [0.25, 0.3) is 0 Å². The number of carbonyl (C=O) groups is 6. The van der Waals surface area contributed by atoms with Crippen LogP contribution >= 0.6 is 11.8 Å². The summed E-state index contributed by atoms with van der Waals surface area (Å²) >= 11 is 0.692. The molecule has 10 N–H and O–H groups in total. The third-order valence-electron chi connectivity index (χ3n) is 9.35. The number of nitrogens with two attached hydrogens (primary N) is 2. The minimum Gasteiger partial charge on any atom is -0.480 e. The maximum atomic E-state index is 15.1. The normalized spacial score (nSPS) is 16.0. The largest absolute Gasteiger partial charge is 0.480 e. The fourth-order valence-electron chi connectivity index (χ4n) is 6.55. The van der Waals surface area contributed by atoms with Crippen LogP contribution in [0.5, 0.6) is 0 Å². The minimum absolute atomic E-state index is 0.00930. The second kappa shape index (κ2) is 22.2. The zero-order valence-corrected chi connectivity index (χ0v) is 33.5. The number of aliphatic carboxylic acids is 2. The third-order valence-corrected chi connectivity index (χ3v) is 10.7. The number of carbonyl (C=O) groups excluding carboxylic acids is 4. The summed E-state index contributed by atoms with van der Waals surface area (Å²) in [5.41, 5.74) is 12.6. The highest BCUT2D eigenvalue weighted by Crippen LogP contribution is 2.40. The molecule has 0 saturated heterocycles. The molecule has 5 atom stereocenters. The number of carboxylic acid groups (broad SMARTS) is 2. The van der Waals surface area contributed by atoms with Crippen molar-refractivity contribution in [2.75, 3.05) is 38.5 Å². The summed E-state index contributed by atoms with van der Waals surface area (Å²) in [5.74, 6) is -6.65. The second-order valence-corrected chi connectivity index (χ2v) is 16.1. The summed E-state index contributed by atoms with van der Waals surface area (Å²) in [6.45, 7) is 4.75. The van der Waals surface area contributed by atoms with Crippen molar-refractivity contribution in [1.82, 2.24) is 25.8 Å². The van der Waals surface area contributed by atoms with Gasteiger partial charge in [-0.05, 0) is 47.6 Å². The van der Waals surface area contributed by atoms with Crippen LogP contribution in [-0.4, -0.2) is 129 Å². The molecule has 318 valence electrons. The Labute approximate surface area is 339 Å². The molecule has 1 aliphatic rings. The highest BCUT2D eigenvalue weighted by molar-refractivity contribution is 8.00. The van der Waals surface area contributed by atoms with Gasteiger partial charge in [0, 0.05) is 50.1 Å². The fourth-order valence-corrected chi connectivity index (χ4v) is 7.54. The topological polar surface area (TPSA) is 258 Å². The predicted octanol–water partition coefficient (Wildman–Crippen LogP) is 0.870. The van der Waals surface area contributed by atoms with Crippen molar-refractivity contribution in [3.05, 3.63) is 77.5 Å². The molecule has 2 aromatic rings. The molecule has 2 aromatic carbocycles. The number of hydrogen-bond acceptors (Lipinski definition) is 11. The lowest BCUT2D eigenvalue weighted by atomic mass is 9.78. The first-order valence-corrected chi connectivity index (χ1v) is 19.6. The highest BCUT2D eigenvalue weighted by Gasteiger charge is 2.44. The van der Waals surface area contributed by atoms with Gasteiger partial charge in [-0.3, -0.25) is 28.8 Å². The van der Waals surface area contributed by atoms with E-state index in [0.717, 1.165) is 23.8 Å². The van der Waals surface area contributed by atoms with Crippen molar-refractivity contribution in [3.8, 4) is 0 Å². The smallest absolute Gasteiger partial charge is 0.321 e. The zero-order chi connectivity index (χ0) is 43.2. The summed E-state index contributed by atoms with van der Waals surface area (Å²) in [4.78, 5) is 76.7. The van der Waals surface area contributed by atoms with E-state index in [1.165, 1.54) is 4.90 Å². The molecule has 4 amide bonds. The standard InChI is InChI=1S/C39H53F2N7O9S/c1-39(2,3)35(30-15-24(26-16-25(40)9-10-27(26)41)20-47(30)19-23-7-5-4-6-8-23)48(34(52)21-49)14-11-28(42)36(53)45-13-12-44-33(51)18-46-32(50)17-31(38(56)57)58-22-29(43)37(54)55/h4-10,16,20,28-31,35,49H,11-15,17-19,21-22,42-43H2,1-3H3,(H,44,51)(H,45,53)(H,46,50)(H,54,55)(H,56,57)/t28-,29-,30?,31?,35-/m0/s1. The highest BCUT2D eigenvalue weighted by atomic mass is 32.2. The van der Waals surface area contributed by atoms with E-state index in [-0.39, 0.29) is 43.8 Å². The molecule has 2 unspecified atom stereocenters. The van der Waals surface area contributed by atoms with E-state index in [0.29, 0.717) is 23.9 Å². The first kappa shape index (κ1) is 47.3. The summed E-state index contributed by atoms with van der Waals surface area (Å²) in [6, 6.07) is 9.29. The number of hydrogen-bond donors (Lipinski definition) is 8. The van der Waals surface area contributed by atoms with Crippen LogP contribution in [0.2, 0.25) is 0 Å².